The lowest BCUT2D eigenvalue weighted by molar-refractivity contribution is 0.647. The van der Waals surface area contributed by atoms with Gasteiger partial charge in [-0.1, -0.05) is 82.2 Å². The van der Waals surface area contributed by atoms with E-state index in [1.165, 1.54) is 50.3 Å². The second kappa shape index (κ2) is 9.62. The number of nitrogens with zero attached hydrogens (tertiary/aromatic N) is 2. The number of rotatable bonds is 4. The van der Waals surface area contributed by atoms with Crippen molar-refractivity contribution >= 4 is 44.5 Å². The van der Waals surface area contributed by atoms with Crippen molar-refractivity contribution in [3.05, 3.63) is 105 Å². The van der Waals surface area contributed by atoms with E-state index in [0.717, 1.165) is 46.6 Å². The molecule has 0 saturated carbocycles. The van der Waals surface area contributed by atoms with Gasteiger partial charge in [0.2, 0.25) is 0 Å². The van der Waals surface area contributed by atoms with E-state index in [1.807, 2.05) is 0 Å². The number of aromatic nitrogens is 2. The summed E-state index contributed by atoms with van der Waals surface area (Å²) >= 11 is 9.79. The summed E-state index contributed by atoms with van der Waals surface area (Å²) in [6.45, 7) is 7.44. The molecule has 0 unspecified atom stereocenters. The van der Waals surface area contributed by atoms with Gasteiger partial charge >= 0.3 is 0 Å². The lowest BCUT2D eigenvalue weighted by Gasteiger charge is -2.15. The fourth-order valence-electron chi connectivity index (χ4n) is 5.56. The Hall–Kier alpha value is -3.15. The molecule has 3 nitrogen and oxygen atoms in total. The Morgan fingerprint density at radius 3 is 2.38 bits per heavy atom. The number of anilines is 1. The highest BCUT2D eigenvalue weighted by molar-refractivity contribution is 9.10. The normalized spacial score (nSPS) is 13.1. The van der Waals surface area contributed by atoms with Crippen LogP contribution in [0.5, 0.6) is 0 Å². The molecule has 0 atom stereocenters. The van der Waals surface area contributed by atoms with Gasteiger partial charge in [0.05, 0.1) is 11.4 Å². The van der Waals surface area contributed by atoms with E-state index in [2.05, 4.69) is 124 Å². The van der Waals surface area contributed by atoms with E-state index < -0.39 is 0 Å². The smallest absolute Gasteiger partial charge is 0.128 e. The quantitative estimate of drug-likeness (QED) is 0.219. The van der Waals surface area contributed by atoms with Crippen LogP contribution in [0.1, 0.15) is 40.8 Å². The van der Waals surface area contributed by atoms with Crippen molar-refractivity contribution in [1.82, 2.24) is 8.97 Å². The number of hydrogen-bond donors (Lipinski definition) is 1. The van der Waals surface area contributed by atoms with Gasteiger partial charge in [-0.2, -0.15) is 0 Å². The van der Waals surface area contributed by atoms with Gasteiger partial charge in [-0.25, -0.2) is 0 Å². The molecule has 0 amide bonds. The zero-order chi connectivity index (χ0) is 25.7. The predicted octanol–water partition coefficient (Wildman–Crippen LogP) is 8.89. The molecule has 0 spiro atoms. The van der Waals surface area contributed by atoms with Crippen LogP contribution >= 0.6 is 28.1 Å². The number of hydrogen-bond acceptors (Lipinski definition) is 1. The first kappa shape index (κ1) is 24.2. The van der Waals surface area contributed by atoms with Gasteiger partial charge in [-0.15, -0.1) is 0 Å². The third-order valence-corrected chi connectivity index (χ3v) is 8.51. The molecule has 1 N–H and O–H groups in total. The van der Waals surface area contributed by atoms with Crippen molar-refractivity contribution in [2.24, 2.45) is 0 Å². The summed E-state index contributed by atoms with van der Waals surface area (Å²) in [4.78, 5) is 0.755. The van der Waals surface area contributed by atoms with Gasteiger partial charge in [0, 0.05) is 34.0 Å². The van der Waals surface area contributed by atoms with Gasteiger partial charge in [0.25, 0.3) is 0 Å². The summed E-state index contributed by atoms with van der Waals surface area (Å²) < 4.78 is 5.95. The Labute approximate surface area is 232 Å². The molecule has 5 heteroatoms. The molecule has 0 saturated heterocycles. The maximum absolute atomic E-state index is 6.20. The van der Waals surface area contributed by atoms with Gasteiger partial charge in [0.1, 0.15) is 10.6 Å². The third kappa shape index (κ3) is 4.24. The first-order chi connectivity index (χ1) is 17.9. The van der Waals surface area contributed by atoms with Crippen molar-refractivity contribution < 1.29 is 0 Å². The van der Waals surface area contributed by atoms with Gasteiger partial charge < -0.3 is 9.88 Å². The summed E-state index contributed by atoms with van der Waals surface area (Å²) in [5, 5.41) is 3.63. The summed E-state index contributed by atoms with van der Waals surface area (Å²) in [5.74, 6) is 0. The lowest BCUT2D eigenvalue weighted by atomic mass is 9.97. The Morgan fingerprint density at radius 1 is 0.892 bits per heavy atom. The third-order valence-electron chi connectivity index (χ3n) is 7.68. The van der Waals surface area contributed by atoms with E-state index >= 15 is 0 Å². The minimum atomic E-state index is 0.755. The molecule has 1 aliphatic rings. The minimum absolute atomic E-state index is 0.755. The first-order valence-corrected chi connectivity index (χ1v) is 14.1. The monoisotopic (exact) mass is 567 g/mol. The molecular formula is C32H30BrN3S. The van der Waals surface area contributed by atoms with Gasteiger partial charge in [0.15, 0.2) is 0 Å². The van der Waals surface area contributed by atoms with Crippen molar-refractivity contribution in [3.8, 4) is 22.4 Å². The van der Waals surface area contributed by atoms with Crippen LogP contribution in [-0.4, -0.2) is 14.0 Å². The van der Waals surface area contributed by atoms with E-state index in [1.54, 1.807) is 0 Å². The molecule has 6 rings (SSSR count). The molecule has 0 aliphatic carbocycles. The molecule has 0 bridgehead atoms. The molecule has 2 aromatic heterocycles. The molecule has 0 radical (unpaired) electrons. The van der Waals surface area contributed by atoms with Crippen LogP contribution in [0.15, 0.2) is 77.4 Å². The van der Waals surface area contributed by atoms with Crippen LogP contribution in [0.25, 0.3) is 28.0 Å². The number of nitrogens with one attached hydrogen (secondary N) is 1. The molecule has 0 fully saturated rings. The van der Waals surface area contributed by atoms with Crippen molar-refractivity contribution in [2.45, 2.75) is 46.6 Å². The Balaban J connectivity index is 1.61. The van der Waals surface area contributed by atoms with Crippen molar-refractivity contribution in [3.63, 3.8) is 0 Å². The summed E-state index contributed by atoms with van der Waals surface area (Å²) in [6.07, 6.45) is 5.66. The maximum Gasteiger partial charge on any atom is 0.128 e. The molecule has 186 valence electrons. The lowest BCUT2D eigenvalue weighted by Crippen LogP contribution is -2.15. The number of benzene rings is 3. The maximum atomic E-state index is 6.20. The van der Waals surface area contributed by atoms with Crippen LogP contribution in [0.4, 0.5) is 5.69 Å². The molecule has 3 aromatic carbocycles. The SMILES string of the molecule is Cc1ccc(-c2c3c4n(c(-c5ccc(Br)cc5)cn4c2C(=S)Nc2cccc(C)c2C)CCCC3)cc1. The number of imidazole rings is 1. The van der Waals surface area contributed by atoms with Crippen LogP contribution in [0.3, 0.4) is 0 Å². The van der Waals surface area contributed by atoms with E-state index in [4.69, 9.17) is 12.2 Å². The number of thiocarbonyl (C=S) groups is 1. The van der Waals surface area contributed by atoms with E-state index in [-0.39, 0.29) is 0 Å². The molecule has 3 heterocycles. The van der Waals surface area contributed by atoms with Crippen LogP contribution in [0, 0.1) is 20.8 Å². The van der Waals surface area contributed by atoms with Crippen molar-refractivity contribution in [1.29, 1.82) is 0 Å². The molecular weight excluding hydrogens is 538 g/mol. The van der Waals surface area contributed by atoms with E-state index in [9.17, 15) is 0 Å². The van der Waals surface area contributed by atoms with Crippen LogP contribution in [-0.2, 0) is 13.0 Å². The van der Waals surface area contributed by atoms with Crippen molar-refractivity contribution in [2.75, 3.05) is 5.32 Å². The predicted molar refractivity (Wildman–Crippen MR) is 163 cm³/mol. The number of halogens is 1. The Morgan fingerprint density at radius 2 is 1.62 bits per heavy atom. The first-order valence-electron chi connectivity index (χ1n) is 12.9. The molecule has 5 aromatic rings. The summed E-state index contributed by atoms with van der Waals surface area (Å²) in [7, 11) is 0. The van der Waals surface area contributed by atoms with Crippen LogP contribution < -0.4 is 5.32 Å². The second-order valence-corrected chi connectivity index (χ2v) is 11.4. The summed E-state index contributed by atoms with van der Waals surface area (Å²) in [5.41, 5.74) is 13.5. The Kier molecular flexibility index (Phi) is 6.29. The zero-order valence-electron chi connectivity index (χ0n) is 21.4. The average molecular weight is 569 g/mol. The van der Waals surface area contributed by atoms with Gasteiger partial charge in [-0.05, 0) is 80.5 Å². The standard InChI is InChI=1S/C32H30BrN3S/c1-20-10-12-24(13-11-20)29-26-8-4-5-18-35-28(23-14-16-25(33)17-15-23)19-36(32(26)35)30(29)31(37)34-27-9-6-7-21(2)22(27)3/h6-7,9-17,19H,4-5,8,18H2,1-3H3,(H,34,37). The fourth-order valence-corrected chi connectivity index (χ4v) is 6.13. The fraction of sp³-hybridized carbons (Fsp3) is 0.219. The summed E-state index contributed by atoms with van der Waals surface area (Å²) in [6, 6.07) is 23.9. The average Bonchev–Trinajstić information content (AvgIpc) is 3.30. The molecule has 1 aliphatic heterocycles. The second-order valence-electron chi connectivity index (χ2n) is 10.1. The largest absolute Gasteiger partial charge is 0.345 e. The highest BCUT2D eigenvalue weighted by Crippen LogP contribution is 2.40. The van der Waals surface area contributed by atoms with E-state index in [0.29, 0.717) is 0 Å². The highest BCUT2D eigenvalue weighted by atomic mass is 79.9. The minimum Gasteiger partial charge on any atom is -0.345 e. The molecule has 37 heavy (non-hydrogen) atoms. The van der Waals surface area contributed by atoms with Gasteiger partial charge in [-0.3, -0.25) is 4.40 Å². The Bertz CT molecular complexity index is 1640. The zero-order valence-corrected chi connectivity index (χ0v) is 23.8. The highest BCUT2D eigenvalue weighted by Gasteiger charge is 2.28. The topological polar surface area (TPSA) is 21.4 Å². The van der Waals surface area contributed by atoms with Crippen LogP contribution in [0.2, 0.25) is 0 Å². The number of aryl methyl sites for hydroxylation is 4.